The predicted octanol–water partition coefficient (Wildman–Crippen LogP) is 2.79. The molecular formula is C12H17Cl2N3. The fraction of sp³-hybridized carbons (Fsp3) is 0.417. The molecule has 0 saturated carbocycles. The van der Waals surface area contributed by atoms with Crippen LogP contribution in [-0.4, -0.2) is 36.4 Å². The van der Waals surface area contributed by atoms with Crippen molar-refractivity contribution in [3.8, 4) is 0 Å². The van der Waals surface area contributed by atoms with Gasteiger partial charge in [0.1, 0.15) is 0 Å². The maximum Gasteiger partial charge on any atom is 0.198 e. The van der Waals surface area contributed by atoms with E-state index in [1.165, 1.54) is 0 Å². The number of alkyl halides is 1. The van der Waals surface area contributed by atoms with Crippen LogP contribution < -0.4 is 4.90 Å². The molecule has 1 unspecified atom stereocenters. The summed E-state index contributed by atoms with van der Waals surface area (Å²) >= 11 is 5.81. The lowest BCUT2D eigenvalue weighted by molar-refractivity contribution is 0.504. The number of para-hydroxylation sites is 1. The van der Waals surface area contributed by atoms with E-state index in [0.29, 0.717) is 17.9 Å². The fourth-order valence-corrected chi connectivity index (χ4v) is 2.36. The number of anilines is 1. The molecule has 17 heavy (non-hydrogen) atoms. The summed E-state index contributed by atoms with van der Waals surface area (Å²) in [7, 11) is 1.95. The normalized spacial score (nSPS) is 19.4. The van der Waals surface area contributed by atoms with Crippen LogP contribution in [0.15, 0.2) is 30.3 Å². The van der Waals surface area contributed by atoms with E-state index in [9.17, 15) is 0 Å². The summed E-state index contributed by atoms with van der Waals surface area (Å²) in [4.78, 5) is 4.02. The molecule has 3 nitrogen and oxygen atoms in total. The quantitative estimate of drug-likeness (QED) is 0.859. The van der Waals surface area contributed by atoms with E-state index in [2.05, 4.69) is 4.90 Å². The highest BCUT2D eigenvalue weighted by Gasteiger charge is 2.32. The summed E-state index contributed by atoms with van der Waals surface area (Å²) in [6.07, 6.45) is 0.906. The number of nitrogens with one attached hydrogen (secondary N) is 1. The monoisotopic (exact) mass is 273 g/mol. The molecule has 1 saturated heterocycles. The van der Waals surface area contributed by atoms with Gasteiger partial charge in [-0.2, -0.15) is 0 Å². The highest BCUT2D eigenvalue weighted by Crippen LogP contribution is 2.24. The number of rotatable bonds is 3. The summed E-state index contributed by atoms with van der Waals surface area (Å²) in [5, 5.41) is 8.07. The minimum Gasteiger partial charge on any atom is -0.344 e. The van der Waals surface area contributed by atoms with Crippen molar-refractivity contribution in [2.24, 2.45) is 0 Å². The molecule has 1 atom stereocenters. The number of halogens is 2. The molecule has 0 bridgehead atoms. The molecule has 2 rings (SSSR count). The zero-order valence-corrected chi connectivity index (χ0v) is 11.3. The lowest BCUT2D eigenvalue weighted by atomic mass is 10.2. The second-order valence-electron chi connectivity index (χ2n) is 4.04. The van der Waals surface area contributed by atoms with E-state index < -0.39 is 0 Å². The second-order valence-corrected chi connectivity index (χ2v) is 4.42. The highest BCUT2D eigenvalue weighted by atomic mass is 35.5. The van der Waals surface area contributed by atoms with E-state index >= 15 is 0 Å². The molecule has 0 amide bonds. The van der Waals surface area contributed by atoms with Crippen LogP contribution in [0.5, 0.6) is 0 Å². The van der Waals surface area contributed by atoms with Gasteiger partial charge in [0.05, 0.1) is 6.04 Å². The number of likely N-dealkylation sites (N-methyl/N-ethyl adjacent to an activating group) is 1. The number of guanidine groups is 1. The first-order valence-corrected chi connectivity index (χ1v) is 5.97. The van der Waals surface area contributed by atoms with Crippen LogP contribution >= 0.6 is 24.0 Å². The van der Waals surface area contributed by atoms with Crippen molar-refractivity contribution in [1.29, 1.82) is 5.41 Å². The van der Waals surface area contributed by atoms with Gasteiger partial charge in [-0.15, -0.1) is 24.0 Å². The van der Waals surface area contributed by atoms with E-state index in [1.54, 1.807) is 0 Å². The number of nitrogens with zero attached hydrogens (tertiary/aromatic N) is 2. The van der Waals surface area contributed by atoms with Gasteiger partial charge < -0.3 is 9.80 Å². The summed E-state index contributed by atoms with van der Waals surface area (Å²) in [6, 6.07) is 10.4. The topological polar surface area (TPSA) is 30.3 Å². The lowest BCUT2D eigenvalue weighted by Gasteiger charge is -2.24. The molecule has 0 aromatic heterocycles. The Morgan fingerprint density at radius 1 is 1.35 bits per heavy atom. The van der Waals surface area contributed by atoms with E-state index in [1.807, 2.05) is 42.3 Å². The molecular weight excluding hydrogens is 257 g/mol. The van der Waals surface area contributed by atoms with Crippen molar-refractivity contribution in [1.82, 2.24) is 4.90 Å². The Kier molecular flexibility index (Phi) is 5.09. The SMILES string of the molecule is CN1CC(CCCl)N(c2ccccc2)C1=N.Cl. The predicted molar refractivity (Wildman–Crippen MR) is 75.7 cm³/mol. The van der Waals surface area contributed by atoms with Crippen molar-refractivity contribution in [2.75, 3.05) is 24.4 Å². The lowest BCUT2D eigenvalue weighted by Crippen LogP contribution is -2.35. The van der Waals surface area contributed by atoms with Gasteiger partial charge in [-0.05, 0) is 18.6 Å². The van der Waals surface area contributed by atoms with Gasteiger partial charge >= 0.3 is 0 Å². The van der Waals surface area contributed by atoms with Crippen molar-refractivity contribution in [2.45, 2.75) is 12.5 Å². The van der Waals surface area contributed by atoms with Gasteiger partial charge in [0.2, 0.25) is 0 Å². The Morgan fingerprint density at radius 2 is 2.00 bits per heavy atom. The Morgan fingerprint density at radius 3 is 2.59 bits per heavy atom. The van der Waals surface area contributed by atoms with Gasteiger partial charge in [-0.3, -0.25) is 5.41 Å². The average molecular weight is 274 g/mol. The van der Waals surface area contributed by atoms with Gasteiger partial charge in [-0.25, -0.2) is 0 Å². The van der Waals surface area contributed by atoms with Crippen LogP contribution in [0.2, 0.25) is 0 Å². The first-order valence-electron chi connectivity index (χ1n) is 5.44. The largest absolute Gasteiger partial charge is 0.344 e. The maximum absolute atomic E-state index is 8.07. The third-order valence-electron chi connectivity index (χ3n) is 2.92. The molecule has 1 aliphatic heterocycles. The molecule has 0 spiro atoms. The van der Waals surface area contributed by atoms with E-state index in [0.717, 1.165) is 18.7 Å². The van der Waals surface area contributed by atoms with Crippen molar-refractivity contribution >= 4 is 35.7 Å². The third kappa shape index (κ3) is 2.85. The smallest absolute Gasteiger partial charge is 0.198 e. The third-order valence-corrected chi connectivity index (χ3v) is 3.13. The molecule has 1 fully saturated rings. The van der Waals surface area contributed by atoms with Gasteiger partial charge in [0.15, 0.2) is 5.96 Å². The van der Waals surface area contributed by atoms with Crippen LogP contribution in [0.3, 0.4) is 0 Å². The molecule has 1 heterocycles. The van der Waals surface area contributed by atoms with E-state index in [-0.39, 0.29) is 12.4 Å². The Hall–Kier alpha value is -0.930. The fourth-order valence-electron chi connectivity index (χ4n) is 2.11. The molecule has 0 aliphatic carbocycles. The van der Waals surface area contributed by atoms with Gasteiger partial charge in [-0.1, -0.05) is 18.2 Å². The summed E-state index contributed by atoms with van der Waals surface area (Å²) in [6.45, 7) is 0.875. The zero-order chi connectivity index (χ0) is 11.5. The first kappa shape index (κ1) is 14.1. The summed E-state index contributed by atoms with van der Waals surface area (Å²) < 4.78 is 0. The average Bonchev–Trinajstić information content (AvgIpc) is 2.57. The van der Waals surface area contributed by atoms with Crippen LogP contribution in [0.4, 0.5) is 5.69 Å². The minimum atomic E-state index is 0. The van der Waals surface area contributed by atoms with Crippen molar-refractivity contribution in [3.05, 3.63) is 30.3 Å². The molecule has 1 N–H and O–H groups in total. The van der Waals surface area contributed by atoms with Gasteiger partial charge in [0.25, 0.3) is 0 Å². The molecule has 1 aromatic rings. The van der Waals surface area contributed by atoms with Crippen molar-refractivity contribution in [3.63, 3.8) is 0 Å². The number of hydrogen-bond donors (Lipinski definition) is 1. The molecule has 5 heteroatoms. The highest BCUT2D eigenvalue weighted by molar-refractivity contribution is 6.18. The minimum absolute atomic E-state index is 0. The van der Waals surface area contributed by atoms with Crippen LogP contribution in [0, 0.1) is 5.41 Å². The molecule has 0 radical (unpaired) electrons. The van der Waals surface area contributed by atoms with Crippen LogP contribution in [-0.2, 0) is 0 Å². The second kappa shape index (κ2) is 6.12. The summed E-state index contributed by atoms with van der Waals surface area (Å²) in [5.41, 5.74) is 1.08. The Balaban J connectivity index is 0.00000144. The molecule has 94 valence electrons. The molecule has 1 aliphatic rings. The van der Waals surface area contributed by atoms with Gasteiger partial charge in [0, 0.05) is 25.2 Å². The molecule has 1 aromatic carbocycles. The number of benzene rings is 1. The zero-order valence-electron chi connectivity index (χ0n) is 9.77. The number of hydrogen-bond acceptors (Lipinski definition) is 1. The Labute approximate surface area is 113 Å². The van der Waals surface area contributed by atoms with Crippen molar-refractivity contribution < 1.29 is 0 Å². The summed E-state index contributed by atoms with van der Waals surface area (Å²) in [5.74, 6) is 1.19. The van der Waals surface area contributed by atoms with Crippen LogP contribution in [0.25, 0.3) is 0 Å². The first-order chi connectivity index (χ1) is 7.74. The Bertz CT molecular complexity index is 369. The maximum atomic E-state index is 8.07. The van der Waals surface area contributed by atoms with E-state index in [4.69, 9.17) is 17.0 Å². The van der Waals surface area contributed by atoms with Crippen LogP contribution in [0.1, 0.15) is 6.42 Å². The standard InChI is InChI=1S/C12H16ClN3.ClH/c1-15-9-11(7-8-13)16(12(15)14)10-5-3-2-4-6-10;/h2-6,11,14H,7-9H2,1H3;1H.